The number of piperazine rings is 1. The first-order valence-corrected chi connectivity index (χ1v) is 10.6. The summed E-state index contributed by atoms with van der Waals surface area (Å²) in [7, 11) is 0. The zero-order valence-corrected chi connectivity index (χ0v) is 17.5. The third-order valence-corrected chi connectivity index (χ3v) is 5.37. The molecule has 8 heteroatoms. The van der Waals surface area contributed by atoms with Crippen molar-refractivity contribution in [2.45, 2.75) is 19.8 Å². The Morgan fingerprint density at radius 3 is 2.42 bits per heavy atom. The highest BCUT2D eigenvalue weighted by atomic mass is 16.5. The number of benzene rings is 1. The minimum atomic E-state index is -0.151. The highest BCUT2D eigenvalue weighted by Gasteiger charge is 2.28. The number of ether oxygens (including phenoxy) is 1. The van der Waals surface area contributed by atoms with Gasteiger partial charge in [-0.05, 0) is 42.8 Å². The lowest BCUT2D eigenvalue weighted by Crippen LogP contribution is -2.50. The van der Waals surface area contributed by atoms with Crippen molar-refractivity contribution in [2.75, 3.05) is 32.8 Å². The largest absolute Gasteiger partial charge is 0.494 e. The Kier molecular flexibility index (Phi) is 6.35. The number of aromatic amines is 1. The van der Waals surface area contributed by atoms with Crippen molar-refractivity contribution in [1.29, 1.82) is 0 Å². The van der Waals surface area contributed by atoms with Crippen LogP contribution >= 0.6 is 0 Å². The molecule has 4 rings (SSSR count). The molecule has 1 aliphatic heterocycles. The Morgan fingerprint density at radius 1 is 1.06 bits per heavy atom. The molecule has 3 aromatic rings. The molecule has 0 atom stereocenters. The van der Waals surface area contributed by atoms with Crippen molar-refractivity contribution in [3.05, 3.63) is 60.2 Å². The summed E-state index contributed by atoms with van der Waals surface area (Å²) in [6, 6.07) is 11.0. The molecule has 2 amide bonds. The number of nitrogens with one attached hydrogen (secondary N) is 1. The van der Waals surface area contributed by atoms with E-state index in [-0.39, 0.29) is 11.8 Å². The second-order valence-corrected chi connectivity index (χ2v) is 7.45. The number of rotatable bonds is 7. The summed E-state index contributed by atoms with van der Waals surface area (Å²) >= 11 is 0. The summed E-state index contributed by atoms with van der Waals surface area (Å²) in [5.74, 6) is 0.875. The van der Waals surface area contributed by atoms with E-state index in [2.05, 4.69) is 17.1 Å². The number of aromatic nitrogens is 2. The number of amides is 2. The quantitative estimate of drug-likeness (QED) is 0.589. The minimum absolute atomic E-state index is 0.0999. The van der Waals surface area contributed by atoms with E-state index in [9.17, 15) is 9.59 Å². The number of nitrogens with zero attached hydrogens (tertiary/aromatic N) is 3. The molecular formula is C23H26N4O4. The van der Waals surface area contributed by atoms with Gasteiger partial charge in [0.25, 0.3) is 11.8 Å². The molecule has 2 aromatic heterocycles. The fourth-order valence-corrected chi connectivity index (χ4v) is 3.56. The van der Waals surface area contributed by atoms with Crippen LogP contribution < -0.4 is 4.74 Å². The Morgan fingerprint density at radius 2 is 1.77 bits per heavy atom. The van der Waals surface area contributed by atoms with Crippen LogP contribution in [0.3, 0.4) is 0 Å². The molecule has 1 N–H and O–H groups in total. The van der Waals surface area contributed by atoms with Gasteiger partial charge in [0.05, 0.1) is 30.3 Å². The van der Waals surface area contributed by atoms with Crippen LogP contribution in [0.1, 0.15) is 40.7 Å². The average molecular weight is 422 g/mol. The van der Waals surface area contributed by atoms with Gasteiger partial charge in [0, 0.05) is 31.7 Å². The highest BCUT2D eigenvalue weighted by Crippen LogP contribution is 2.25. The van der Waals surface area contributed by atoms with Crippen molar-refractivity contribution in [1.82, 2.24) is 20.0 Å². The first kappa shape index (κ1) is 20.7. The summed E-state index contributed by atoms with van der Waals surface area (Å²) in [6.45, 7) is 4.66. The van der Waals surface area contributed by atoms with E-state index in [0.717, 1.165) is 24.2 Å². The van der Waals surface area contributed by atoms with Crippen LogP contribution in [0, 0.1) is 0 Å². The van der Waals surface area contributed by atoms with Crippen molar-refractivity contribution < 1.29 is 18.7 Å². The third-order valence-electron chi connectivity index (χ3n) is 5.37. The van der Waals surface area contributed by atoms with Crippen molar-refractivity contribution in [3.8, 4) is 17.0 Å². The summed E-state index contributed by atoms with van der Waals surface area (Å²) < 4.78 is 10.9. The maximum absolute atomic E-state index is 13.1. The molecular weight excluding hydrogens is 396 g/mol. The molecule has 31 heavy (non-hydrogen) atoms. The van der Waals surface area contributed by atoms with Crippen LogP contribution in [0.15, 0.2) is 53.3 Å². The van der Waals surface area contributed by atoms with E-state index in [4.69, 9.17) is 9.15 Å². The number of unbranched alkanes of at least 4 members (excludes halogenated alkanes) is 1. The molecule has 0 spiro atoms. The minimum Gasteiger partial charge on any atom is -0.494 e. The Bertz CT molecular complexity index is 1000. The van der Waals surface area contributed by atoms with Gasteiger partial charge in [-0.1, -0.05) is 13.3 Å². The molecule has 162 valence electrons. The predicted molar refractivity (Wildman–Crippen MR) is 115 cm³/mol. The van der Waals surface area contributed by atoms with Crippen LogP contribution in [0.25, 0.3) is 11.3 Å². The molecule has 3 heterocycles. The van der Waals surface area contributed by atoms with Gasteiger partial charge < -0.3 is 19.0 Å². The zero-order valence-electron chi connectivity index (χ0n) is 17.5. The maximum Gasteiger partial charge on any atom is 0.289 e. The molecule has 0 radical (unpaired) electrons. The number of hydrogen-bond donors (Lipinski definition) is 1. The molecule has 1 fully saturated rings. The predicted octanol–water partition coefficient (Wildman–Crippen LogP) is 3.45. The van der Waals surface area contributed by atoms with Gasteiger partial charge in [0.15, 0.2) is 5.76 Å². The molecule has 0 unspecified atom stereocenters. The van der Waals surface area contributed by atoms with Gasteiger partial charge in [-0.3, -0.25) is 14.7 Å². The Hall–Kier alpha value is -3.55. The van der Waals surface area contributed by atoms with Gasteiger partial charge in [0.1, 0.15) is 5.75 Å². The summed E-state index contributed by atoms with van der Waals surface area (Å²) in [5.41, 5.74) is 2.07. The molecule has 1 aromatic carbocycles. The Balaban J connectivity index is 1.39. The fraction of sp³-hybridized carbons (Fsp3) is 0.348. The van der Waals surface area contributed by atoms with Crippen LogP contribution in [0.2, 0.25) is 0 Å². The van der Waals surface area contributed by atoms with Gasteiger partial charge >= 0.3 is 0 Å². The number of carbonyl (C=O) groups is 2. The number of hydrogen-bond acceptors (Lipinski definition) is 5. The topological polar surface area (TPSA) is 91.7 Å². The molecule has 0 bridgehead atoms. The second kappa shape index (κ2) is 9.51. The van der Waals surface area contributed by atoms with E-state index in [1.54, 1.807) is 28.1 Å². The SMILES string of the molecule is CCCCOc1ccc(-c2[nH]ncc2C(=O)N2CCN(C(=O)c3ccco3)CC2)cc1. The van der Waals surface area contributed by atoms with E-state index in [0.29, 0.717) is 49.8 Å². The lowest BCUT2D eigenvalue weighted by molar-refractivity contribution is 0.0518. The lowest BCUT2D eigenvalue weighted by atomic mass is 10.1. The molecule has 0 aliphatic carbocycles. The van der Waals surface area contributed by atoms with Crippen molar-refractivity contribution in [3.63, 3.8) is 0 Å². The van der Waals surface area contributed by atoms with E-state index >= 15 is 0 Å². The highest BCUT2D eigenvalue weighted by molar-refractivity contribution is 6.00. The van der Waals surface area contributed by atoms with Crippen LogP contribution in [0.4, 0.5) is 0 Å². The van der Waals surface area contributed by atoms with Crippen LogP contribution in [0.5, 0.6) is 5.75 Å². The summed E-state index contributed by atoms with van der Waals surface area (Å²) in [5, 5.41) is 7.04. The van der Waals surface area contributed by atoms with Crippen LogP contribution in [-0.2, 0) is 0 Å². The monoisotopic (exact) mass is 422 g/mol. The molecule has 0 saturated carbocycles. The standard InChI is InChI=1S/C23H26N4O4/c1-2-3-14-30-18-8-6-17(7-9-18)21-19(16-24-25-21)22(28)26-10-12-27(13-11-26)23(29)20-5-4-15-31-20/h4-9,15-16H,2-3,10-14H2,1H3,(H,24,25). The molecule has 1 aliphatic rings. The summed E-state index contributed by atoms with van der Waals surface area (Å²) in [6.07, 6.45) is 5.14. The van der Waals surface area contributed by atoms with Crippen molar-refractivity contribution >= 4 is 11.8 Å². The van der Waals surface area contributed by atoms with E-state index in [1.165, 1.54) is 6.26 Å². The summed E-state index contributed by atoms with van der Waals surface area (Å²) in [4.78, 5) is 29.0. The normalized spacial score (nSPS) is 14.0. The smallest absolute Gasteiger partial charge is 0.289 e. The van der Waals surface area contributed by atoms with E-state index in [1.807, 2.05) is 24.3 Å². The van der Waals surface area contributed by atoms with Gasteiger partial charge in [-0.15, -0.1) is 0 Å². The van der Waals surface area contributed by atoms with E-state index < -0.39 is 0 Å². The number of H-pyrrole nitrogens is 1. The Labute approximate surface area is 180 Å². The molecule has 8 nitrogen and oxygen atoms in total. The van der Waals surface area contributed by atoms with Gasteiger partial charge in [-0.25, -0.2) is 0 Å². The maximum atomic E-state index is 13.1. The van der Waals surface area contributed by atoms with Crippen molar-refractivity contribution in [2.24, 2.45) is 0 Å². The third kappa shape index (κ3) is 4.63. The second-order valence-electron chi connectivity index (χ2n) is 7.45. The zero-order chi connectivity index (χ0) is 21.6. The van der Waals surface area contributed by atoms with Crippen LogP contribution in [-0.4, -0.2) is 64.6 Å². The lowest BCUT2D eigenvalue weighted by Gasteiger charge is -2.34. The van der Waals surface area contributed by atoms with Gasteiger partial charge in [-0.2, -0.15) is 5.10 Å². The first-order valence-electron chi connectivity index (χ1n) is 10.6. The first-order chi connectivity index (χ1) is 15.2. The average Bonchev–Trinajstić information content (AvgIpc) is 3.51. The number of carbonyl (C=O) groups excluding carboxylic acids is 2. The fourth-order valence-electron chi connectivity index (χ4n) is 3.56. The van der Waals surface area contributed by atoms with Gasteiger partial charge in [0.2, 0.25) is 0 Å². The molecule has 1 saturated heterocycles. The number of furan rings is 1.